The van der Waals surface area contributed by atoms with Crippen molar-refractivity contribution < 1.29 is 4.74 Å². The van der Waals surface area contributed by atoms with Gasteiger partial charge in [0.25, 0.3) is 0 Å². The van der Waals surface area contributed by atoms with Crippen molar-refractivity contribution in [2.45, 2.75) is 6.92 Å². The number of nitrogen functional groups attached to an aromatic ring is 1. The van der Waals surface area contributed by atoms with Gasteiger partial charge < -0.3 is 10.5 Å². The number of nitrogens with one attached hydrogen (secondary N) is 1. The summed E-state index contributed by atoms with van der Waals surface area (Å²) in [6.45, 7) is 1.98. The Bertz CT molecular complexity index is 447. The standard InChI is InChI=1S/C9H11N3O/c1-5-3-4-6-7(8(5)13-2)9(10)12-11-6/h3-4H,1-2H3,(H3,10,11,12). The van der Waals surface area contributed by atoms with E-state index in [0.29, 0.717) is 5.82 Å². The van der Waals surface area contributed by atoms with Gasteiger partial charge in [0.15, 0.2) is 5.82 Å². The molecule has 0 unspecified atom stereocenters. The molecule has 0 aliphatic heterocycles. The summed E-state index contributed by atoms with van der Waals surface area (Å²) >= 11 is 0. The largest absolute Gasteiger partial charge is 0.496 e. The van der Waals surface area contributed by atoms with Crippen LogP contribution in [0.4, 0.5) is 5.82 Å². The van der Waals surface area contributed by atoms with Crippen LogP contribution in [-0.2, 0) is 0 Å². The molecule has 1 heterocycles. The van der Waals surface area contributed by atoms with Crippen molar-refractivity contribution in [2.75, 3.05) is 12.8 Å². The maximum absolute atomic E-state index is 5.70. The van der Waals surface area contributed by atoms with Gasteiger partial charge in [0.05, 0.1) is 18.0 Å². The molecule has 4 nitrogen and oxygen atoms in total. The highest BCUT2D eigenvalue weighted by molar-refractivity contribution is 5.95. The van der Waals surface area contributed by atoms with E-state index in [1.807, 2.05) is 19.1 Å². The van der Waals surface area contributed by atoms with Crippen molar-refractivity contribution in [2.24, 2.45) is 0 Å². The number of fused-ring (bicyclic) bond motifs is 1. The zero-order valence-corrected chi connectivity index (χ0v) is 7.59. The molecular weight excluding hydrogens is 166 g/mol. The highest BCUT2D eigenvalue weighted by atomic mass is 16.5. The van der Waals surface area contributed by atoms with Gasteiger partial charge in [-0.2, -0.15) is 5.10 Å². The number of ether oxygens (including phenoxy) is 1. The van der Waals surface area contributed by atoms with E-state index in [0.717, 1.165) is 22.2 Å². The van der Waals surface area contributed by atoms with Gasteiger partial charge in [-0.15, -0.1) is 0 Å². The first-order chi connectivity index (χ1) is 6.24. The van der Waals surface area contributed by atoms with Crippen molar-refractivity contribution in [3.8, 4) is 5.75 Å². The number of benzene rings is 1. The van der Waals surface area contributed by atoms with Crippen LogP contribution in [0.15, 0.2) is 12.1 Å². The van der Waals surface area contributed by atoms with E-state index in [-0.39, 0.29) is 0 Å². The first-order valence-electron chi connectivity index (χ1n) is 4.01. The van der Waals surface area contributed by atoms with Crippen LogP contribution in [0.5, 0.6) is 5.75 Å². The van der Waals surface area contributed by atoms with Crippen molar-refractivity contribution in [3.63, 3.8) is 0 Å². The fourth-order valence-corrected chi connectivity index (χ4v) is 1.47. The third kappa shape index (κ3) is 1.02. The third-order valence-electron chi connectivity index (χ3n) is 2.11. The molecule has 0 saturated heterocycles. The first-order valence-corrected chi connectivity index (χ1v) is 4.01. The Kier molecular flexibility index (Phi) is 1.62. The number of nitrogens with two attached hydrogens (primary N) is 1. The Morgan fingerprint density at radius 2 is 2.23 bits per heavy atom. The second-order valence-electron chi connectivity index (χ2n) is 2.95. The number of hydrogen-bond acceptors (Lipinski definition) is 3. The van der Waals surface area contributed by atoms with Crippen molar-refractivity contribution >= 4 is 16.7 Å². The second-order valence-corrected chi connectivity index (χ2v) is 2.95. The lowest BCUT2D eigenvalue weighted by Crippen LogP contribution is -1.90. The smallest absolute Gasteiger partial charge is 0.156 e. The molecule has 0 amide bonds. The van der Waals surface area contributed by atoms with Crippen LogP contribution in [0.1, 0.15) is 5.56 Å². The molecule has 2 aromatic rings. The molecule has 1 aromatic carbocycles. The predicted octanol–water partition coefficient (Wildman–Crippen LogP) is 1.46. The maximum Gasteiger partial charge on any atom is 0.156 e. The Morgan fingerprint density at radius 1 is 1.46 bits per heavy atom. The molecule has 4 heteroatoms. The minimum Gasteiger partial charge on any atom is -0.496 e. The summed E-state index contributed by atoms with van der Waals surface area (Å²) in [6, 6.07) is 3.91. The van der Waals surface area contributed by atoms with Gasteiger partial charge in [0.2, 0.25) is 0 Å². The number of anilines is 1. The molecule has 0 radical (unpaired) electrons. The SMILES string of the molecule is COc1c(C)ccc2[nH]nc(N)c12. The van der Waals surface area contributed by atoms with Crippen LogP contribution in [0, 0.1) is 6.92 Å². The number of aryl methyl sites for hydroxylation is 1. The molecule has 0 spiro atoms. The molecule has 0 atom stereocenters. The molecule has 0 saturated carbocycles. The van der Waals surface area contributed by atoms with Gasteiger partial charge in [-0.1, -0.05) is 6.07 Å². The van der Waals surface area contributed by atoms with Crippen molar-refractivity contribution in [3.05, 3.63) is 17.7 Å². The Morgan fingerprint density at radius 3 is 2.92 bits per heavy atom. The second kappa shape index (κ2) is 2.65. The quantitative estimate of drug-likeness (QED) is 0.693. The fraction of sp³-hybridized carbons (Fsp3) is 0.222. The summed E-state index contributed by atoms with van der Waals surface area (Å²) in [5.74, 6) is 1.28. The summed E-state index contributed by atoms with van der Waals surface area (Å²) in [4.78, 5) is 0. The zero-order valence-electron chi connectivity index (χ0n) is 7.59. The average molecular weight is 177 g/mol. The van der Waals surface area contributed by atoms with Crippen LogP contribution in [0.2, 0.25) is 0 Å². The lowest BCUT2D eigenvalue weighted by molar-refractivity contribution is 0.417. The number of aromatic amines is 1. The molecule has 1 aromatic heterocycles. The summed E-state index contributed by atoms with van der Waals surface area (Å²) < 4.78 is 5.26. The minimum absolute atomic E-state index is 0.482. The number of rotatable bonds is 1. The summed E-state index contributed by atoms with van der Waals surface area (Å²) in [5, 5.41) is 7.62. The lowest BCUT2D eigenvalue weighted by atomic mass is 10.1. The molecule has 0 fully saturated rings. The van der Waals surface area contributed by atoms with Gasteiger partial charge in [0, 0.05) is 0 Å². The Balaban J connectivity index is 2.88. The van der Waals surface area contributed by atoms with E-state index in [1.54, 1.807) is 7.11 Å². The predicted molar refractivity (Wildman–Crippen MR) is 51.8 cm³/mol. The van der Waals surface area contributed by atoms with E-state index in [1.165, 1.54) is 0 Å². The van der Waals surface area contributed by atoms with Crippen LogP contribution < -0.4 is 10.5 Å². The summed E-state index contributed by atoms with van der Waals surface area (Å²) in [7, 11) is 1.63. The number of nitrogens with zero attached hydrogens (tertiary/aromatic N) is 1. The Labute approximate surface area is 75.7 Å². The zero-order chi connectivity index (χ0) is 9.42. The lowest BCUT2D eigenvalue weighted by Gasteiger charge is -2.05. The molecule has 0 bridgehead atoms. The number of hydrogen-bond donors (Lipinski definition) is 2. The van der Waals surface area contributed by atoms with E-state index in [4.69, 9.17) is 10.5 Å². The van der Waals surface area contributed by atoms with Gasteiger partial charge in [0.1, 0.15) is 5.75 Å². The Hall–Kier alpha value is -1.71. The van der Waals surface area contributed by atoms with E-state index < -0.39 is 0 Å². The normalized spacial score (nSPS) is 10.6. The van der Waals surface area contributed by atoms with Crippen LogP contribution in [0.25, 0.3) is 10.9 Å². The number of H-pyrrole nitrogens is 1. The molecule has 3 N–H and O–H groups in total. The van der Waals surface area contributed by atoms with E-state index >= 15 is 0 Å². The van der Waals surface area contributed by atoms with Crippen LogP contribution in [0.3, 0.4) is 0 Å². The first kappa shape index (κ1) is 7.91. The summed E-state index contributed by atoms with van der Waals surface area (Å²) in [5.41, 5.74) is 7.66. The molecule has 0 aliphatic carbocycles. The molecule has 68 valence electrons. The molecule has 2 rings (SSSR count). The molecule has 13 heavy (non-hydrogen) atoms. The van der Waals surface area contributed by atoms with Gasteiger partial charge in [-0.3, -0.25) is 5.10 Å². The maximum atomic E-state index is 5.70. The number of aromatic nitrogens is 2. The number of methoxy groups -OCH3 is 1. The van der Waals surface area contributed by atoms with Crippen molar-refractivity contribution in [1.82, 2.24) is 10.2 Å². The van der Waals surface area contributed by atoms with E-state index in [2.05, 4.69) is 10.2 Å². The van der Waals surface area contributed by atoms with Gasteiger partial charge in [-0.25, -0.2) is 0 Å². The topological polar surface area (TPSA) is 63.9 Å². The van der Waals surface area contributed by atoms with Gasteiger partial charge in [-0.05, 0) is 18.6 Å². The average Bonchev–Trinajstić information content (AvgIpc) is 2.49. The molecular formula is C9H11N3O. The highest BCUT2D eigenvalue weighted by Gasteiger charge is 2.10. The summed E-state index contributed by atoms with van der Waals surface area (Å²) in [6.07, 6.45) is 0. The monoisotopic (exact) mass is 177 g/mol. The van der Waals surface area contributed by atoms with Gasteiger partial charge >= 0.3 is 0 Å². The van der Waals surface area contributed by atoms with Crippen LogP contribution >= 0.6 is 0 Å². The fourth-order valence-electron chi connectivity index (χ4n) is 1.47. The third-order valence-corrected chi connectivity index (χ3v) is 2.11. The van der Waals surface area contributed by atoms with E-state index in [9.17, 15) is 0 Å². The highest BCUT2D eigenvalue weighted by Crippen LogP contribution is 2.31. The van der Waals surface area contributed by atoms with Crippen LogP contribution in [-0.4, -0.2) is 17.3 Å². The minimum atomic E-state index is 0.482. The van der Waals surface area contributed by atoms with Crippen molar-refractivity contribution in [1.29, 1.82) is 0 Å². The molecule has 0 aliphatic rings.